The maximum absolute atomic E-state index is 13.1. The second-order valence-corrected chi connectivity index (χ2v) is 4.39. The highest BCUT2D eigenvalue weighted by molar-refractivity contribution is 6.31. The number of hydrogen-bond acceptors (Lipinski definition) is 2. The third kappa shape index (κ3) is 2.26. The number of hydrogen-bond donors (Lipinski definition) is 1. The van der Waals surface area contributed by atoms with Crippen molar-refractivity contribution >= 4 is 17.3 Å². The first-order valence-electron chi connectivity index (χ1n) is 5.22. The number of nitrogens with zero attached hydrogens (tertiary/aromatic N) is 2. The van der Waals surface area contributed by atoms with E-state index in [0.717, 1.165) is 11.4 Å². The van der Waals surface area contributed by atoms with E-state index in [2.05, 4.69) is 5.10 Å². The molecule has 2 N–H and O–H groups in total. The highest BCUT2D eigenvalue weighted by Crippen LogP contribution is 2.21. The third-order valence-corrected chi connectivity index (χ3v) is 3.13. The summed E-state index contributed by atoms with van der Waals surface area (Å²) in [5, 5.41) is 4.81. The van der Waals surface area contributed by atoms with Crippen LogP contribution in [0.15, 0.2) is 18.2 Å². The van der Waals surface area contributed by atoms with E-state index in [1.165, 1.54) is 12.1 Å². The molecule has 1 aromatic heterocycles. The minimum Gasteiger partial charge on any atom is -0.396 e. The maximum Gasteiger partial charge on any atom is 0.123 e. The van der Waals surface area contributed by atoms with Crippen molar-refractivity contribution < 1.29 is 4.39 Å². The summed E-state index contributed by atoms with van der Waals surface area (Å²) in [6.45, 7) is 4.13. The molecule has 0 fully saturated rings. The molecule has 0 radical (unpaired) electrons. The molecule has 0 aliphatic carbocycles. The van der Waals surface area contributed by atoms with Crippen LogP contribution in [0.25, 0.3) is 0 Å². The summed E-state index contributed by atoms with van der Waals surface area (Å²) in [6.07, 6.45) is 0. The lowest BCUT2D eigenvalue weighted by molar-refractivity contribution is 0.616. The Bertz CT molecular complexity index is 563. The number of rotatable bonds is 2. The van der Waals surface area contributed by atoms with E-state index >= 15 is 0 Å². The summed E-state index contributed by atoms with van der Waals surface area (Å²) in [7, 11) is 0. The van der Waals surface area contributed by atoms with Gasteiger partial charge in [0.1, 0.15) is 5.82 Å². The van der Waals surface area contributed by atoms with Gasteiger partial charge in [0.2, 0.25) is 0 Å². The zero-order valence-corrected chi connectivity index (χ0v) is 10.4. The van der Waals surface area contributed by atoms with E-state index in [1.54, 1.807) is 10.7 Å². The molecular formula is C12H13ClFN3. The average Bonchev–Trinajstić information content (AvgIpc) is 2.52. The topological polar surface area (TPSA) is 43.8 Å². The highest BCUT2D eigenvalue weighted by Gasteiger charge is 2.10. The predicted octanol–water partition coefficient (Wildman–Crippen LogP) is 2.92. The Morgan fingerprint density at radius 1 is 1.41 bits per heavy atom. The number of anilines is 1. The number of aromatic nitrogens is 2. The summed E-state index contributed by atoms with van der Waals surface area (Å²) >= 11 is 6.01. The Kier molecular flexibility index (Phi) is 3.07. The van der Waals surface area contributed by atoms with Crippen LogP contribution >= 0.6 is 11.6 Å². The van der Waals surface area contributed by atoms with Crippen LogP contribution in [0.2, 0.25) is 5.02 Å². The molecule has 17 heavy (non-hydrogen) atoms. The monoisotopic (exact) mass is 253 g/mol. The summed E-state index contributed by atoms with van der Waals surface area (Å²) in [5.74, 6) is -0.307. The minimum absolute atomic E-state index is 0.307. The largest absolute Gasteiger partial charge is 0.396 e. The lowest BCUT2D eigenvalue weighted by Gasteiger charge is -2.07. The van der Waals surface area contributed by atoms with Crippen molar-refractivity contribution in [1.82, 2.24) is 9.78 Å². The van der Waals surface area contributed by atoms with Crippen molar-refractivity contribution in [3.63, 3.8) is 0 Å². The SMILES string of the molecule is Cc1nn(Cc2cc(F)ccc2Cl)c(C)c1N. The fourth-order valence-corrected chi connectivity index (χ4v) is 1.87. The van der Waals surface area contributed by atoms with Crippen LogP contribution in [0.1, 0.15) is 17.0 Å². The van der Waals surface area contributed by atoms with Gasteiger partial charge in [-0.25, -0.2) is 4.39 Å². The smallest absolute Gasteiger partial charge is 0.123 e. The van der Waals surface area contributed by atoms with E-state index in [4.69, 9.17) is 17.3 Å². The first-order chi connectivity index (χ1) is 7.99. The van der Waals surface area contributed by atoms with Crippen molar-refractivity contribution in [2.45, 2.75) is 20.4 Å². The molecule has 0 spiro atoms. The first-order valence-corrected chi connectivity index (χ1v) is 5.60. The van der Waals surface area contributed by atoms with Gasteiger partial charge in [0, 0.05) is 5.02 Å². The molecule has 0 saturated heterocycles. The predicted molar refractivity (Wildman–Crippen MR) is 66.6 cm³/mol. The lowest BCUT2D eigenvalue weighted by Crippen LogP contribution is -2.05. The lowest BCUT2D eigenvalue weighted by atomic mass is 10.2. The minimum atomic E-state index is -0.307. The fraction of sp³-hybridized carbons (Fsp3) is 0.250. The molecule has 1 aromatic carbocycles. The summed E-state index contributed by atoms with van der Waals surface area (Å²) < 4.78 is 14.8. The van der Waals surface area contributed by atoms with Crippen LogP contribution in [0.4, 0.5) is 10.1 Å². The van der Waals surface area contributed by atoms with Gasteiger partial charge in [0.15, 0.2) is 0 Å². The number of nitrogens with two attached hydrogens (primary N) is 1. The van der Waals surface area contributed by atoms with Gasteiger partial charge in [-0.1, -0.05) is 11.6 Å². The summed E-state index contributed by atoms with van der Waals surface area (Å²) in [6, 6.07) is 4.29. The van der Waals surface area contributed by atoms with Gasteiger partial charge in [-0.3, -0.25) is 4.68 Å². The molecule has 0 unspecified atom stereocenters. The van der Waals surface area contributed by atoms with Crippen LogP contribution in [0.5, 0.6) is 0 Å². The molecule has 3 nitrogen and oxygen atoms in total. The zero-order chi connectivity index (χ0) is 12.6. The molecule has 0 aliphatic rings. The van der Waals surface area contributed by atoms with Crippen molar-refractivity contribution in [2.75, 3.05) is 5.73 Å². The van der Waals surface area contributed by atoms with Crippen LogP contribution in [-0.2, 0) is 6.54 Å². The Morgan fingerprint density at radius 2 is 2.12 bits per heavy atom. The number of benzene rings is 1. The van der Waals surface area contributed by atoms with E-state index in [9.17, 15) is 4.39 Å². The van der Waals surface area contributed by atoms with E-state index in [1.807, 2.05) is 13.8 Å². The summed E-state index contributed by atoms with van der Waals surface area (Å²) in [4.78, 5) is 0. The molecular weight excluding hydrogens is 241 g/mol. The van der Waals surface area contributed by atoms with Crippen molar-refractivity contribution in [3.8, 4) is 0 Å². The Labute approximate surface area is 104 Å². The van der Waals surface area contributed by atoms with Gasteiger partial charge in [0.25, 0.3) is 0 Å². The number of nitrogen functional groups attached to an aromatic ring is 1. The van der Waals surface area contributed by atoms with E-state index < -0.39 is 0 Å². The van der Waals surface area contributed by atoms with Gasteiger partial charge < -0.3 is 5.73 Å². The van der Waals surface area contributed by atoms with Crippen LogP contribution in [0, 0.1) is 19.7 Å². The molecule has 2 rings (SSSR count). The van der Waals surface area contributed by atoms with Gasteiger partial charge in [-0.05, 0) is 37.6 Å². The highest BCUT2D eigenvalue weighted by atomic mass is 35.5. The molecule has 2 aromatic rings. The van der Waals surface area contributed by atoms with Gasteiger partial charge in [-0.2, -0.15) is 5.10 Å². The number of halogens is 2. The van der Waals surface area contributed by atoms with Crippen molar-refractivity contribution in [3.05, 3.63) is 46.0 Å². The number of aryl methyl sites for hydroxylation is 1. The molecule has 0 bridgehead atoms. The van der Waals surface area contributed by atoms with Gasteiger partial charge in [0.05, 0.1) is 23.6 Å². The van der Waals surface area contributed by atoms with Crippen molar-refractivity contribution in [2.24, 2.45) is 0 Å². The summed E-state index contributed by atoms with van der Waals surface area (Å²) in [5.41, 5.74) is 8.83. The molecule has 5 heteroatoms. The van der Waals surface area contributed by atoms with Crippen LogP contribution in [-0.4, -0.2) is 9.78 Å². The maximum atomic E-state index is 13.1. The fourth-order valence-electron chi connectivity index (χ4n) is 1.69. The zero-order valence-electron chi connectivity index (χ0n) is 9.67. The second kappa shape index (κ2) is 4.37. The molecule has 0 aliphatic heterocycles. The van der Waals surface area contributed by atoms with Gasteiger partial charge >= 0.3 is 0 Å². The van der Waals surface area contributed by atoms with Crippen LogP contribution in [0.3, 0.4) is 0 Å². The normalized spacial score (nSPS) is 10.8. The molecule has 0 saturated carbocycles. The molecule has 0 atom stereocenters. The Balaban J connectivity index is 2.37. The molecule has 0 amide bonds. The van der Waals surface area contributed by atoms with Crippen LogP contribution < -0.4 is 5.73 Å². The van der Waals surface area contributed by atoms with E-state index in [0.29, 0.717) is 22.8 Å². The quantitative estimate of drug-likeness (QED) is 0.894. The molecule has 1 heterocycles. The average molecular weight is 254 g/mol. The standard InChI is InChI=1S/C12H13ClFN3/c1-7-12(15)8(2)17(16-7)6-9-5-10(14)3-4-11(9)13/h3-5H,6,15H2,1-2H3. The van der Waals surface area contributed by atoms with Gasteiger partial charge in [-0.15, -0.1) is 0 Å². The Hall–Kier alpha value is -1.55. The van der Waals surface area contributed by atoms with E-state index in [-0.39, 0.29) is 5.82 Å². The van der Waals surface area contributed by atoms with Crippen molar-refractivity contribution in [1.29, 1.82) is 0 Å². The third-order valence-electron chi connectivity index (χ3n) is 2.77. The molecule has 90 valence electrons. The Morgan fingerprint density at radius 3 is 2.71 bits per heavy atom. The first kappa shape index (κ1) is 11.9. The second-order valence-electron chi connectivity index (χ2n) is 3.98.